The molecule has 0 aromatic carbocycles. The van der Waals surface area contributed by atoms with E-state index >= 15 is 0 Å². The van der Waals surface area contributed by atoms with Gasteiger partial charge in [0.05, 0.1) is 13.2 Å². The highest BCUT2D eigenvalue weighted by atomic mass is 16.6. The Kier molecular flexibility index (Phi) is 13.5. The highest BCUT2D eigenvalue weighted by Gasteiger charge is 2.20. The van der Waals surface area contributed by atoms with Gasteiger partial charge in [-0.1, -0.05) is 34.1 Å². The molecule has 1 rings (SSSR count). The zero-order valence-corrected chi connectivity index (χ0v) is 11.6. The third kappa shape index (κ3) is 9.77. The molecule has 98 valence electrons. The minimum Gasteiger partial charge on any atom is -0.444 e. The van der Waals surface area contributed by atoms with Crippen molar-refractivity contribution in [3.63, 3.8) is 0 Å². The summed E-state index contributed by atoms with van der Waals surface area (Å²) >= 11 is 0. The number of rotatable bonds is 1. The zero-order chi connectivity index (χ0) is 13.0. The molecule has 1 amide bonds. The normalized spacial score (nSPS) is 17.5. The second kappa shape index (κ2) is 12.3. The second-order valence-corrected chi connectivity index (χ2v) is 3.47. The molecule has 0 saturated carbocycles. The summed E-state index contributed by atoms with van der Waals surface area (Å²) in [7, 11) is 3.33. The SMILES string of the molecule is CC.CCC.CN(C)C(=O)OC1CCOC1. The Balaban J connectivity index is 0. The lowest BCUT2D eigenvalue weighted by atomic mass is 10.3. The lowest BCUT2D eigenvalue weighted by molar-refractivity contribution is 0.0647. The molecule has 0 spiro atoms. The third-order valence-corrected chi connectivity index (χ3v) is 1.52. The average molecular weight is 233 g/mol. The van der Waals surface area contributed by atoms with Crippen LogP contribution in [0.3, 0.4) is 0 Å². The fourth-order valence-corrected chi connectivity index (χ4v) is 0.854. The van der Waals surface area contributed by atoms with E-state index in [2.05, 4.69) is 13.8 Å². The number of ether oxygens (including phenoxy) is 2. The van der Waals surface area contributed by atoms with Crippen LogP contribution < -0.4 is 0 Å². The minimum atomic E-state index is -0.291. The van der Waals surface area contributed by atoms with Gasteiger partial charge in [-0.05, 0) is 0 Å². The maximum Gasteiger partial charge on any atom is 0.409 e. The Hall–Kier alpha value is -0.770. The molecule has 16 heavy (non-hydrogen) atoms. The summed E-state index contributed by atoms with van der Waals surface area (Å²) < 4.78 is 10.1. The highest BCUT2D eigenvalue weighted by molar-refractivity contribution is 5.66. The molecular weight excluding hydrogens is 206 g/mol. The largest absolute Gasteiger partial charge is 0.444 e. The predicted molar refractivity (Wildman–Crippen MR) is 66.7 cm³/mol. The highest BCUT2D eigenvalue weighted by Crippen LogP contribution is 2.08. The van der Waals surface area contributed by atoms with Gasteiger partial charge in [0.15, 0.2) is 0 Å². The molecule has 0 aromatic rings. The molecule has 0 aromatic heterocycles. The van der Waals surface area contributed by atoms with Gasteiger partial charge in [-0.25, -0.2) is 4.79 Å². The molecule has 1 atom stereocenters. The summed E-state index contributed by atoms with van der Waals surface area (Å²) in [5.74, 6) is 0. The van der Waals surface area contributed by atoms with Gasteiger partial charge in [0.2, 0.25) is 0 Å². The Morgan fingerprint density at radius 1 is 1.38 bits per heavy atom. The van der Waals surface area contributed by atoms with Crippen molar-refractivity contribution in [1.29, 1.82) is 0 Å². The van der Waals surface area contributed by atoms with Gasteiger partial charge < -0.3 is 14.4 Å². The van der Waals surface area contributed by atoms with Crippen LogP contribution in [0.25, 0.3) is 0 Å². The summed E-state index contributed by atoms with van der Waals surface area (Å²) in [6, 6.07) is 0. The monoisotopic (exact) mass is 233 g/mol. The average Bonchev–Trinajstić information content (AvgIpc) is 2.74. The quantitative estimate of drug-likeness (QED) is 0.699. The molecule has 1 fully saturated rings. The van der Waals surface area contributed by atoms with E-state index in [4.69, 9.17) is 9.47 Å². The molecule has 1 unspecified atom stereocenters. The smallest absolute Gasteiger partial charge is 0.409 e. The van der Waals surface area contributed by atoms with Gasteiger partial charge in [-0.3, -0.25) is 0 Å². The van der Waals surface area contributed by atoms with Crippen molar-refractivity contribution in [2.24, 2.45) is 0 Å². The van der Waals surface area contributed by atoms with Crippen molar-refractivity contribution < 1.29 is 14.3 Å². The van der Waals surface area contributed by atoms with Crippen LogP contribution in [0.4, 0.5) is 4.79 Å². The van der Waals surface area contributed by atoms with Gasteiger partial charge in [0.25, 0.3) is 0 Å². The molecule has 4 heteroatoms. The summed E-state index contributed by atoms with van der Waals surface area (Å²) in [5.41, 5.74) is 0. The molecule has 0 bridgehead atoms. The number of hydrogen-bond donors (Lipinski definition) is 0. The first-order valence-corrected chi connectivity index (χ1v) is 6.07. The lowest BCUT2D eigenvalue weighted by Gasteiger charge is -2.14. The van der Waals surface area contributed by atoms with E-state index in [0.29, 0.717) is 13.2 Å². The maximum absolute atomic E-state index is 10.9. The lowest BCUT2D eigenvalue weighted by Crippen LogP contribution is -2.28. The summed E-state index contributed by atoms with van der Waals surface area (Å²) in [6.07, 6.45) is 1.74. The summed E-state index contributed by atoms with van der Waals surface area (Å²) in [5, 5.41) is 0. The third-order valence-electron chi connectivity index (χ3n) is 1.52. The first-order valence-electron chi connectivity index (χ1n) is 6.07. The Labute approximate surface area is 99.9 Å². The van der Waals surface area contributed by atoms with Crippen molar-refractivity contribution >= 4 is 6.09 Å². The van der Waals surface area contributed by atoms with Crippen molar-refractivity contribution in [1.82, 2.24) is 4.90 Å². The summed E-state index contributed by atoms with van der Waals surface area (Å²) in [4.78, 5) is 12.4. The fraction of sp³-hybridized carbons (Fsp3) is 0.917. The first kappa shape index (κ1) is 17.6. The van der Waals surface area contributed by atoms with Gasteiger partial charge in [0, 0.05) is 20.5 Å². The van der Waals surface area contributed by atoms with Gasteiger partial charge >= 0.3 is 6.09 Å². The molecule has 4 nitrogen and oxygen atoms in total. The van der Waals surface area contributed by atoms with E-state index in [1.807, 2.05) is 13.8 Å². The van der Waals surface area contributed by atoms with Crippen LogP contribution in [0, 0.1) is 0 Å². The molecule has 0 aliphatic carbocycles. The Morgan fingerprint density at radius 3 is 2.19 bits per heavy atom. The topological polar surface area (TPSA) is 38.8 Å². The fourth-order valence-electron chi connectivity index (χ4n) is 0.854. The van der Waals surface area contributed by atoms with Crippen LogP contribution in [-0.4, -0.2) is 44.4 Å². The van der Waals surface area contributed by atoms with E-state index in [9.17, 15) is 4.79 Å². The van der Waals surface area contributed by atoms with E-state index in [0.717, 1.165) is 6.42 Å². The summed E-state index contributed by atoms with van der Waals surface area (Å²) in [6.45, 7) is 9.49. The van der Waals surface area contributed by atoms with Crippen molar-refractivity contribution in [3.8, 4) is 0 Å². The maximum atomic E-state index is 10.9. The van der Waals surface area contributed by atoms with Gasteiger partial charge in [-0.2, -0.15) is 0 Å². The van der Waals surface area contributed by atoms with E-state index in [1.54, 1.807) is 14.1 Å². The van der Waals surface area contributed by atoms with Crippen LogP contribution in [0.1, 0.15) is 40.5 Å². The molecule has 0 N–H and O–H groups in total. The van der Waals surface area contributed by atoms with Crippen LogP contribution in [0.5, 0.6) is 0 Å². The molecular formula is C12H27NO3. The van der Waals surface area contributed by atoms with E-state index in [-0.39, 0.29) is 12.2 Å². The molecule has 1 saturated heterocycles. The number of amides is 1. The molecule has 0 radical (unpaired) electrons. The predicted octanol–water partition coefficient (Wildman–Crippen LogP) is 2.92. The minimum absolute atomic E-state index is 0.0371. The number of nitrogens with zero attached hydrogens (tertiary/aromatic N) is 1. The zero-order valence-electron chi connectivity index (χ0n) is 11.6. The van der Waals surface area contributed by atoms with E-state index in [1.165, 1.54) is 11.3 Å². The first-order chi connectivity index (χ1) is 7.61. The van der Waals surface area contributed by atoms with Crippen LogP contribution in [0.15, 0.2) is 0 Å². The van der Waals surface area contributed by atoms with Crippen LogP contribution >= 0.6 is 0 Å². The standard InChI is InChI=1S/C7H13NO3.C3H8.C2H6/c1-8(2)7(9)11-6-3-4-10-5-6;1-3-2;1-2/h6H,3-5H2,1-2H3;3H2,1-2H3;1-2H3. The van der Waals surface area contributed by atoms with E-state index < -0.39 is 0 Å². The van der Waals surface area contributed by atoms with Crippen molar-refractivity contribution in [2.45, 2.75) is 46.6 Å². The molecule has 1 heterocycles. The molecule has 1 aliphatic heterocycles. The van der Waals surface area contributed by atoms with Gasteiger partial charge in [-0.15, -0.1) is 0 Å². The second-order valence-electron chi connectivity index (χ2n) is 3.47. The number of carbonyl (C=O) groups is 1. The Morgan fingerprint density at radius 2 is 1.88 bits per heavy atom. The Bertz CT molecular complexity index is 154. The van der Waals surface area contributed by atoms with Gasteiger partial charge in [0.1, 0.15) is 6.10 Å². The van der Waals surface area contributed by atoms with Crippen molar-refractivity contribution in [2.75, 3.05) is 27.3 Å². The van der Waals surface area contributed by atoms with Crippen LogP contribution in [0.2, 0.25) is 0 Å². The number of hydrogen-bond acceptors (Lipinski definition) is 3. The van der Waals surface area contributed by atoms with Crippen LogP contribution in [-0.2, 0) is 9.47 Å². The molecule has 1 aliphatic rings. The van der Waals surface area contributed by atoms with Crippen molar-refractivity contribution in [3.05, 3.63) is 0 Å². The number of carbonyl (C=O) groups excluding carboxylic acids is 1.